The van der Waals surface area contributed by atoms with Crippen molar-refractivity contribution in [1.29, 1.82) is 0 Å². The van der Waals surface area contributed by atoms with E-state index in [2.05, 4.69) is 11.1 Å². The topological polar surface area (TPSA) is 62.3 Å². The summed E-state index contributed by atoms with van der Waals surface area (Å²) in [6.07, 6.45) is 7.75. The number of aliphatic hydroxyl groups is 1. The number of halogens is 1. The van der Waals surface area contributed by atoms with Crippen molar-refractivity contribution >= 4 is 17.2 Å². The number of benzene rings is 1. The lowest BCUT2D eigenvalue weighted by atomic mass is 9.85. The molecule has 0 amide bonds. The normalized spacial score (nSPS) is 22.9. The minimum absolute atomic E-state index is 0.00424. The highest BCUT2D eigenvalue weighted by atomic mass is 35.5. The molecule has 2 aromatic rings. The molecule has 148 valence electrons. The second-order valence-corrected chi connectivity index (χ2v) is 8.34. The number of nitrogens with one attached hydrogen (secondary N) is 1. The molecule has 2 fully saturated rings. The molecule has 4 rings (SSSR count). The van der Waals surface area contributed by atoms with Crippen molar-refractivity contribution in [2.75, 3.05) is 7.11 Å². The van der Waals surface area contributed by atoms with Crippen molar-refractivity contribution in [2.45, 2.75) is 50.5 Å². The molecule has 28 heavy (non-hydrogen) atoms. The maximum Gasteiger partial charge on any atom is 0.251 e. The first-order valence-corrected chi connectivity index (χ1v) is 10.4. The number of hydrogen-bond donors (Lipinski definition) is 2. The van der Waals surface area contributed by atoms with Crippen LogP contribution in [0.25, 0.3) is 5.57 Å². The summed E-state index contributed by atoms with van der Waals surface area (Å²) in [7, 11) is 1.60. The van der Waals surface area contributed by atoms with Gasteiger partial charge in [-0.15, -0.1) is 0 Å². The van der Waals surface area contributed by atoms with Gasteiger partial charge in [0.05, 0.1) is 18.2 Å². The van der Waals surface area contributed by atoms with Crippen LogP contribution in [0.4, 0.5) is 0 Å². The number of H-pyrrole nitrogens is 1. The minimum Gasteiger partial charge on any atom is -0.495 e. The summed E-state index contributed by atoms with van der Waals surface area (Å²) >= 11 is 6.37. The third kappa shape index (κ3) is 4.18. The number of pyridine rings is 1. The molecule has 0 saturated heterocycles. The predicted octanol–water partition coefficient (Wildman–Crippen LogP) is 4.90. The summed E-state index contributed by atoms with van der Waals surface area (Å²) < 4.78 is 5.28. The molecule has 0 bridgehead atoms. The van der Waals surface area contributed by atoms with Crippen LogP contribution in [0, 0.1) is 5.92 Å². The van der Waals surface area contributed by atoms with Crippen molar-refractivity contribution in [2.24, 2.45) is 5.92 Å². The van der Waals surface area contributed by atoms with Gasteiger partial charge < -0.3 is 14.8 Å². The van der Waals surface area contributed by atoms with Crippen LogP contribution in [0.3, 0.4) is 0 Å². The fourth-order valence-electron chi connectivity index (χ4n) is 4.04. The first kappa shape index (κ1) is 19.3. The monoisotopic (exact) mass is 399 g/mol. The van der Waals surface area contributed by atoms with Gasteiger partial charge in [-0.1, -0.05) is 29.8 Å². The Morgan fingerprint density at radius 3 is 2.50 bits per heavy atom. The maximum atomic E-state index is 12.6. The SMILES string of the molecule is COc1ccc(C(=C[C@H]2CC[C@H](O)CC2)c2ccc(C3CC3)c(=O)[nH]2)cc1Cl. The quantitative estimate of drug-likeness (QED) is 0.751. The Kier molecular flexibility index (Phi) is 5.61. The number of methoxy groups -OCH3 is 1. The Morgan fingerprint density at radius 2 is 1.89 bits per heavy atom. The molecule has 2 N–H and O–H groups in total. The van der Waals surface area contributed by atoms with Crippen LogP contribution in [0.1, 0.15) is 61.3 Å². The zero-order valence-corrected chi connectivity index (χ0v) is 16.8. The van der Waals surface area contributed by atoms with Crippen molar-refractivity contribution in [3.05, 3.63) is 68.6 Å². The Balaban J connectivity index is 1.74. The van der Waals surface area contributed by atoms with Gasteiger partial charge in [0, 0.05) is 16.8 Å². The fourth-order valence-corrected chi connectivity index (χ4v) is 4.29. The van der Waals surface area contributed by atoms with E-state index in [-0.39, 0.29) is 11.7 Å². The molecule has 0 spiro atoms. The Morgan fingerprint density at radius 1 is 1.14 bits per heavy atom. The van der Waals surface area contributed by atoms with E-state index >= 15 is 0 Å². The second-order valence-electron chi connectivity index (χ2n) is 7.93. The summed E-state index contributed by atoms with van der Waals surface area (Å²) in [6, 6.07) is 9.69. The van der Waals surface area contributed by atoms with Gasteiger partial charge >= 0.3 is 0 Å². The Hall–Kier alpha value is -2.04. The van der Waals surface area contributed by atoms with Crippen molar-refractivity contribution in [1.82, 2.24) is 4.98 Å². The second kappa shape index (κ2) is 8.14. The lowest BCUT2D eigenvalue weighted by molar-refractivity contribution is 0.118. The Bertz CT molecular complexity index is 937. The maximum absolute atomic E-state index is 12.6. The predicted molar refractivity (Wildman–Crippen MR) is 112 cm³/mol. The molecule has 5 heteroatoms. The van der Waals surface area contributed by atoms with Crippen LogP contribution in [-0.2, 0) is 0 Å². The summed E-state index contributed by atoms with van der Waals surface area (Å²) in [5.41, 5.74) is 3.63. The number of aliphatic hydroxyl groups excluding tert-OH is 1. The molecule has 0 radical (unpaired) electrons. The smallest absolute Gasteiger partial charge is 0.251 e. The fraction of sp³-hybridized carbons (Fsp3) is 0.435. The van der Waals surface area contributed by atoms with Crippen LogP contribution in [-0.4, -0.2) is 23.3 Å². The van der Waals surface area contributed by atoms with E-state index in [4.69, 9.17) is 16.3 Å². The van der Waals surface area contributed by atoms with Crippen LogP contribution in [0.5, 0.6) is 5.75 Å². The molecule has 4 nitrogen and oxygen atoms in total. The highest BCUT2D eigenvalue weighted by Gasteiger charge is 2.26. The summed E-state index contributed by atoms with van der Waals surface area (Å²) in [4.78, 5) is 15.7. The van der Waals surface area contributed by atoms with E-state index in [1.54, 1.807) is 7.11 Å². The van der Waals surface area contributed by atoms with Gasteiger partial charge in [0.2, 0.25) is 0 Å². The standard InChI is InChI=1S/C23H26ClNO3/c1-28-22-11-6-16(13-20(22)24)19(12-14-2-7-17(26)8-3-14)21-10-9-18(15-4-5-15)23(27)25-21/h6,9-15,17,26H,2-5,7-8H2,1H3,(H,25,27)/t14-,17-. The Labute approximate surface area is 170 Å². The van der Waals surface area contributed by atoms with Crippen LogP contribution in [0.15, 0.2) is 41.2 Å². The number of allylic oxidation sites excluding steroid dienone is 1. The summed E-state index contributed by atoms with van der Waals surface area (Å²) in [5, 5.41) is 10.4. The number of hydrogen-bond acceptors (Lipinski definition) is 3. The van der Waals surface area contributed by atoms with Gasteiger partial charge in [-0.3, -0.25) is 4.79 Å². The molecule has 2 saturated carbocycles. The number of aromatic nitrogens is 1. The molecule has 0 atom stereocenters. The number of aromatic amines is 1. The lowest BCUT2D eigenvalue weighted by Gasteiger charge is -2.24. The van der Waals surface area contributed by atoms with E-state index in [0.29, 0.717) is 22.6 Å². The zero-order valence-electron chi connectivity index (χ0n) is 16.1. The van der Waals surface area contributed by atoms with Crippen LogP contribution >= 0.6 is 11.6 Å². The molecule has 2 aliphatic rings. The highest BCUT2D eigenvalue weighted by Crippen LogP contribution is 2.39. The van der Waals surface area contributed by atoms with Gasteiger partial charge in [0.15, 0.2) is 0 Å². The molecule has 1 heterocycles. The molecular formula is C23H26ClNO3. The van der Waals surface area contributed by atoms with Crippen molar-refractivity contribution in [3.8, 4) is 5.75 Å². The van der Waals surface area contributed by atoms with Gasteiger partial charge in [-0.25, -0.2) is 0 Å². The third-order valence-corrected chi connectivity index (χ3v) is 6.15. The third-order valence-electron chi connectivity index (χ3n) is 5.85. The molecule has 2 aliphatic carbocycles. The van der Waals surface area contributed by atoms with E-state index in [0.717, 1.165) is 60.9 Å². The first-order valence-electron chi connectivity index (χ1n) is 10.0. The van der Waals surface area contributed by atoms with E-state index in [1.807, 2.05) is 30.3 Å². The minimum atomic E-state index is -0.193. The van der Waals surface area contributed by atoms with Gasteiger partial charge in [0.1, 0.15) is 5.75 Å². The van der Waals surface area contributed by atoms with Gasteiger partial charge in [-0.2, -0.15) is 0 Å². The van der Waals surface area contributed by atoms with Crippen LogP contribution < -0.4 is 10.3 Å². The average molecular weight is 400 g/mol. The summed E-state index contributed by atoms with van der Waals surface area (Å²) in [6.45, 7) is 0. The molecular weight excluding hydrogens is 374 g/mol. The molecule has 0 unspecified atom stereocenters. The van der Waals surface area contributed by atoms with E-state index in [1.165, 1.54) is 0 Å². The zero-order chi connectivity index (χ0) is 19.7. The average Bonchev–Trinajstić information content (AvgIpc) is 3.52. The highest BCUT2D eigenvalue weighted by molar-refractivity contribution is 6.32. The number of ether oxygens (including phenoxy) is 1. The largest absolute Gasteiger partial charge is 0.495 e. The van der Waals surface area contributed by atoms with Gasteiger partial charge in [-0.05, 0) is 74.1 Å². The van der Waals surface area contributed by atoms with Crippen molar-refractivity contribution < 1.29 is 9.84 Å². The summed E-state index contributed by atoms with van der Waals surface area (Å²) in [5.74, 6) is 1.41. The van der Waals surface area contributed by atoms with Crippen LogP contribution in [0.2, 0.25) is 5.02 Å². The molecule has 0 aliphatic heterocycles. The first-order chi connectivity index (χ1) is 13.5. The van der Waals surface area contributed by atoms with Crippen molar-refractivity contribution in [3.63, 3.8) is 0 Å². The van der Waals surface area contributed by atoms with Gasteiger partial charge in [0.25, 0.3) is 5.56 Å². The molecule has 1 aromatic carbocycles. The molecule has 1 aromatic heterocycles. The van der Waals surface area contributed by atoms with E-state index < -0.39 is 0 Å². The lowest BCUT2D eigenvalue weighted by Crippen LogP contribution is -2.18. The number of rotatable bonds is 5. The van der Waals surface area contributed by atoms with E-state index in [9.17, 15) is 9.90 Å².